The second kappa shape index (κ2) is 3.87. The lowest BCUT2D eigenvalue weighted by molar-refractivity contribution is 0.669. The van der Waals surface area contributed by atoms with Crippen LogP contribution in [0.4, 0.5) is 0 Å². The van der Waals surface area contributed by atoms with Gasteiger partial charge in [-0.25, -0.2) is 0 Å². The smallest absolute Gasteiger partial charge is 0.0160 e. The maximum Gasteiger partial charge on any atom is 0.0160 e. The lowest BCUT2D eigenvalue weighted by Crippen LogP contribution is -1.97. The molecule has 0 aliphatic carbocycles. The van der Waals surface area contributed by atoms with E-state index in [1.807, 2.05) is 11.8 Å². The third-order valence-electron chi connectivity index (χ3n) is 1.95. The molecule has 0 bridgehead atoms. The third kappa shape index (κ3) is 1.91. The van der Waals surface area contributed by atoms with Crippen molar-refractivity contribution in [1.82, 2.24) is 0 Å². The molecule has 0 N–H and O–H groups in total. The maximum absolute atomic E-state index is 2.33. The second-order valence-electron chi connectivity index (χ2n) is 2.65. The molecule has 10 heavy (non-hydrogen) atoms. The fraction of sp³-hybridized carbons (Fsp3) is 0.556. The number of thioether (sulfide) groups is 1. The van der Waals surface area contributed by atoms with E-state index in [9.17, 15) is 0 Å². The molecule has 1 heteroatoms. The Labute approximate surface area is 67.4 Å². The van der Waals surface area contributed by atoms with Gasteiger partial charge in [-0.05, 0) is 23.3 Å². The van der Waals surface area contributed by atoms with Gasteiger partial charge in [0.05, 0.1) is 0 Å². The number of allylic oxidation sites excluding steroid dienone is 2. The van der Waals surface area contributed by atoms with Crippen LogP contribution in [-0.4, -0.2) is 5.75 Å². The first-order valence-electron chi connectivity index (χ1n) is 3.82. The van der Waals surface area contributed by atoms with Crippen LogP contribution in [0.2, 0.25) is 0 Å². The molecule has 1 aliphatic heterocycles. The Balaban J connectivity index is 2.54. The van der Waals surface area contributed by atoms with E-state index in [-0.39, 0.29) is 0 Å². The standard InChI is InChI=1S/C9H14S/c1-3-8(2)9-4-6-10-7-5-9/h4-6,8H,3,7H2,1-2H3. The van der Waals surface area contributed by atoms with E-state index in [1.165, 1.54) is 12.0 Å². The molecule has 1 aliphatic rings. The van der Waals surface area contributed by atoms with E-state index in [0.717, 1.165) is 11.7 Å². The lowest BCUT2D eigenvalue weighted by atomic mass is 9.98. The average molecular weight is 154 g/mol. The van der Waals surface area contributed by atoms with Gasteiger partial charge < -0.3 is 0 Å². The van der Waals surface area contributed by atoms with Gasteiger partial charge in [0.15, 0.2) is 0 Å². The molecule has 0 saturated heterocycles. The molecule has 0 radical (unpaired) electrons. The predicted molar refractivity (Wildman–Crippen MR) is 49.1 cm³/mol. The molecular weight excluding hydrogens is 140 g/mol. The molecule has 0 fully saturated rings. The van der Waals surface area contributed by atoms with Crippen molar-refractivity contribution < 1.29 is 0 Å². The van der Waals surface area contributed by atoms with Gasteiger partial charge in [-0.2, -0.15) is 0 Å². The normalized spacial score (nSPS) is 20.4. The highest BCUT2D eigenvalue weighted by Gasteiger charge is 2.04. The van der Waals surface area contributed by atoms with Gasteiger partial charge in [-0.1, -0.05) is 26.0 Å². The second-order valence-corrected chi connectivity index (χ2v) is 3.59. The van der Waals surface area contributed by atoms with Crippen molar-refractivity contribution in [1.29, 1.82) is 0 Å². The van der Waals surface area contributed by atoms with Crippen LogP contribution in [-0.2, 0) is 0 Å². The van der Waals surface area contributed by atoms with Crippen molar-refractivity contribution >= 4 is 11.8 Å². The molecule has 0 aromatic rings. The van der Waals surface area contributed by atoms with Gasteiger partial charge in [0.1, 0.15) is 0 Å². The molecule has 1 heterocycles. The Morgan fingerprint density at radius 3 is 3.00 bits per heavy atom. The van der Waals surface area contributed by atoms with Gasteiger partial charge in [-0.15, -0.1) is 11.8 Å². The van der Waals surface area contributed by atoms with Crippen LogP contribution >= 0.6 is 11.8 Å². The van der Waals surface area contributed by atoms with Crippen molar-refractivity contribution in [2.75, 3.05) is 5.75 Å². The minimum absolute atomic E-state index is 0.747. The highest BCUT2D eigenvalue weighted by Crippen LogP contribution is 2.21. The van der Waals surface area contributed by atoms with Gasteiger partial charge in [0.2, 0.25) is 0 Å². The topological polar surface area (TPSA) is 0 Å². The number of rotatable bonds is 2. The minimum Gasteiger partial charge on any atom is -0.130 e. The first kappa shape index (κ1) is 7.93. The molecule has 0 saturated carbocycles. The summed E-state index contributed by atoms with van der Waals surface area (Å²) in [4.78, 5) is 0. The molecule has 0 amide bonds. The van der Waals surface area contributed by atoms with Crippen molar-refractivity contribution in [3.63, 3.8) is 0 Å². The summed E-state index contributed by atoms with van der Waals surface area (Å²) in [6.07, 6.45) is 5.82. The molecule has 0 nitrogen and oxygen atoms in total. The Kier molecular flexibility index (Phi) is 3.07. The Morgan fingerprint density at radius 1 is 1.70 bits per heavy atom. The Bertz CT molecular complexity index is 156. The zero-order chi connectivity index (χ0) is 7.40. The zero-order valence-electron chi connectivity index (χ0n) is 6.63. The van der Waals surface area contributed by atoms with E-state index in [1.54, 1.807) is 0 Å². The molecule has 1 unspecified atom stereocenters. The van der Waals surface area contributed by atoms with Crippen LogP contribution in [0, 0.1) is 5.92 Å². The van der Waals surface area contributed by atoms with Crippen molar-refractivity contribution in [3.05, 3.63) is 23.1 Å². The molecule has 1 atom stereocenters. The Hall–Kier alpha value is -0.170. The largest absolute Gasteiger partial charge is 0.130 e. The maximum atomic E-state index is 2.33. The average Bonchev–Trinajstić information content (AvgIpc) is 2.05. The van der Waals surface area contributed by atoms with Crippen LogP contribution in [0.15, 0.2) is 23.1 Å². The molecule has 0 aromatic carbocycles. The SMILES string of the molecule is CCC(C)C1=CCSC=C1. The predicted octanol–water partition coefficient (Wildman–Crippen LogP) is 3.22. The highest BCUT2D eigenvalue weighted by molar-refractivity contribution is 8.02. The van der Waals surface area contributed by atoms with Crippen LogP contribution in [0.1, 0.15) is 20.3 Å². The summed E-state index contributed by atoms with van der Waals surface area (Å²) in [7, 11) is 0. The Morgan fingerprint density at radius 2 is 2.50 bits per heavy atom. The van der Waals surface area contributed by atoms with Gasteiger partial charge in [0, 0.05) is 5.75 Å². The van der Waals surface area contributed by atoms with Crippen LogP contribution in [0.5, 0.6) is 0 Å². The number of hydrogen-bond acceptors (Lipinski definition) is 1. The van der Waals surface area contributed by atoms with Crippen molar-refractivity contribution in [2.24, 2.45) is 5.92 Å². The lowest BCUT2D eigenvalue weighted by Gasteiger charge is -2.12. The van der Waals surface area contributed by atoms with E-state index in [4.69, 9.17) is 0 Å². The van der Waals surface area contributed by atoms with Crippen molar-refractivity contribution in [3.8, 4) is 0 Å². The summed E-state index contributed by atoms with van der Waals surface area (Å²) in [6.45, 7) is 4.52. The van der Waals surface area contributed by atoms with Crippen LogP contribution < -0.4 is 0 Å². The van der Waals surface area contributed by atoms with Crippen LogP contribution in [0.25, 0.3) is 0 Å². The fourth-order valence-corrected chi connectivity index (χ4v) is 1.65. The first-order valence-corrected chi connectivity index (χ1v) is 4.87. The molecule has 1 rings (SSSR count). The molecule has 56 valence electrons. The summed E-state index contributed by atoms with van der Waals surface area (Å²) < 4.78 is 0. The summed E-state index contributed by atoms with van der Waals surface area (Å²) in [5.41, 5.74) is 1.52. The van der Waals surface area contributed by atoms with E-state index in [0.29, 0.717) is 0 Å². The van der Waals surface area contributed by atoms with Crippen molar-refractivity contribution in [2.45, 2.75) is 20.3 Å². The monoisotopic (exact) mass is 154 g/mol. The van der Waals surface area contributed by atoms with E-state index < -0.39 is 0 Å². The minimum atomic E-state index is 0.747. The first-order chi connectivity index (χ1) is 4.84. The molecular formula is C9H14S. The van der Waals surface area contributed by atoms with Crippen LogP contribution in [0.3, 0.4) is 0 Å². The summed E-state index contributed by atoms with van der Waals surface area (Å²) >= 11 is 1.87. The summed E-state index contributed by atoms with van der Waals surface area (Å²) in [6, 6.07) is 0. The fourth-order valence-electron chi connectivity index (χ4n) is 0.996. The third-order valence-corrected chi connectivity index (χ3v) is 2.64. The summed E-state index contributed by atoms with van der Waals surface area (Å²) in [5.74, 6) is 1.91. The quantitative estimate of drug-likeness (QED) is 0.588. The summed E-state index contributed by atoms with van der Waals surface area (Å²) in [5, 5.41) is 2.20. The molecule has 0 aromatic heterocycles. The molecule has 0 spiro atoms. The van der Waals surface area contributed by atoms with E-state index in [2.05, 4.69) is 31.4 Å². The van der Waals surface area contributed by atoms with Gasteiger partial charge in [-0.3, -0.25) is 0 Å². The zero-order valence-corrected chi connectivity index (χ0v) is 7.45. The highest BCUT2D eigenvalue weighted by atomic mass is 32.2. The number of hydrogen-bond donors (Lipinski definition) is 0. The van der Waals surface area contributed by atoms with Gasteiger partial charge >= 0.3 is 0 Å². The van der Waals surface area contributed by atoms with Gasteiger partial charge in [0.25, 0.3) is 0 Å². The van der Waals surface area contributed by atoms with E-state index >= 15 is 0 Å².